The predicted molar refractivity (Wildman–Crippen MR) is 74.7 cm³/mol. The maximum Gasteiger partial charge on any atom is 0.0630 e. The summed E-state index contributed by atoms with van der Waals surface area (Å²) in [5, 5.41) is 0. The van der Waals surface area contributed by atoms with Crippen LogP contribution in [-0.4, -0.2) is 32.5 Å². The second-order valence-corrected chi connectivity index (χ2v) is 5.31. The molecule has 4 heteroatoms. The minimum atomic E-state index is 0.530. The fraction of sp³-hybridized carbons (Fsp3) is 0.467. The molecule has 0 N–H and O–H groups in total. The van der Waals surface area contributed by atoms with E-state index in [4.69, 9.17) is 0 Å². The highest BCUT2D eigenvalue weighted by molar-refractivity contribution is 5.09. The largest absolute Gasteiger partial charge is 0.353 e. The normalized spacial score (nSPS) is 20.6. The number of hydrogen-bond donors (Lipinski definition) is 0. The average Bonchev–Trinajstić information content (AvgIpc) is 2.86. The highest BCUT2D eigenvalue weighted by Gasteiger charge is 2.22. The van der Waals surface area contributed by atoms with E-state index in [-0.39, 0.29) is 0 Å². The Labute approximate surface area is 114 Å². The van der Waals surface area contributed by atoms with Gasteiger partial charge in [-0.25, -0.2) is 0 Å². The lowest BCUT2D eigenvalue weighted by atomic mass is 9.95. The summed E-state index contributed by atoms with van der Waals surface area (Å²) in [7, 11) is 2.11. The van der Waals surface area contributed by atoms with Gasteiger partial charge in [0.1, 0.15) is 0 Å². The Bertz CT molecular complexity index is 520. The highest BCUT2D eigenvalue weighted by Crippen LogP contribution is 2.25. The molecule has 0 saturated carbocycles. The molecule has 19 heavy (non-hydrogen) atoms. The van der Waals surface area contributed by atoms with Crippen LogP contribution >= 0.6 is 0 Å². The van der Waals surface area contributed by atoms with Crippen LogP contribution in [0.2, 0.25) is 0 Å². The highest BCUT2D eigenvalue weighted by atomic mass is 15.1. The molecule has 1 fully saturated rings. The molecular weight excluding hydrogens is 236 g/mol. The van der Waals surface area contributed by atoms with Crippen LogP contribution in [0.4, 0.5) is 0 Å². The third-order valence-electron chi connectivity index (χ3n) is 3.94. The molecule has 0 aliphatic carbocycles. The van der Waals surface area contributed by atoms with Gasteiger partial charge in [0.25, 0.3) is 0 Å². The van der Waals surface area contributed by atoms with Gasteiger partial charge in [-0.05, 0) is 31.5 Å². The molecule has 0 aromatic carbocycles. The van der Waals surface area contributed by atoms with Crippen molar-refractivity contribution < 1.29 is 0 Å². The van der Waals surface area contributed by atoms with Gasteiger partial charge < -0.3 is 4.57 Å². The van der Waals surface area contributed by atoms with Crippen LogP contribution in [-0.2, 0) is 13.6 Å². The molecule has 2 aromatic heterocycles. The SMILES string of the molecule is Cn1cccc1CN1CCCC(c2cnccn2)C1. The molecule has 1 saturated heterocycles. The zero-order valence-electron chi connectivity index (χ0n) is 11.4. The molecular formula is C15H20N4. The zero-order chi connectivity index (χ0) is 13.1. The van der Waals surface area contributed by atoms with Gasteiger partial charge in [-0.2, -0.15) is 0 Å². The lowest BCUT2D eigenvalue weighted by Gasteiger charge is -2.32. The first kappa shape index (κ1) is 12.4. The number of likely N-dealkylation sites (tertiary alicyclic amines) is 1. The Balaban J connectivity index is 1.67. The summed E-state index contributed by atoms with van der Waals surface area (Å²) in [5.41, 5.74) is 2.51. The van der Waals surface area contributed by atoms with Crippen molar-refractivity contribution in [1.82, 2.24) is 19.4 Å². The molecule has 2 aromatic rings. The molecule has 3 heterocycles. The van der Waals surface area contributed by atoms with E-state index in [0.29, 0.717) is 5.92 Å². The van der Waals surface area contributed by atoms with Crippen LogP contribution in [0.5, 0.6) is 0 Å². The smallest absolute Gasteiger partial charge is 0.0630 e. The standard InChI is InChI=1S/C15H20N4/c1-18-8-3-5-14(18)12-19-9-2-4-13(11-19)15-10-16-6-7-17-15/h3,5-8,10,13H,2,4,9,11-12H2,1H3. The van der Waals surface area contributed by atoms with Gasteiger partial charge in [0.05, 0.1) is 5.69 Å². The monoisotopic (exact) mass is 256 g/mol. The van der Waals surface area contributed by atoms with E-state index >= 15 is 0 Å². The van der Waals surface area contributed by atoms with Crippen molar-refractivity contribution in [3.05, 3.63) is 48.3 Å². The number of aryl methyl sites for hydroxylation is 1. The lowest BCUT2D eigenvalue weighted by Crippen LogP contribution is -2.34. The minimum absolute atomic E-state index is 0.530. The number of hydrogen-bond acceptors (Lipinski definition) is 3. The van der Waals surface area contributed by atoms with E-state index in [2.05, 4.69) is 44.8 Å². The van der Waals surface area contributed by atoms with E-state index in [1.165, 1.54) is 25.1 Å². The van der Waals surface area contributed by atoms with Gasteiger partial charge in [0, 0.05) is 56.5 Å². The maximum absolute atomic E-state index is 4.46. The topological polar surface area (TPSA) is 34.0 Å². The van der Waals surface area contributed by atoms with Crippen LogP contribution in [0, 0.1) is 0 Å². The first-order chi connectivity index (χ1) is 9.33. The Morgan fingerprint density at radius 2 is 2.32 bits per heavy atom. The third-order valence-corrected chi connectivity index (χ3v) is 3.94. The van der Waals surface area contributed by atoms with E-state index in [9.17, 15) is 0 Å². The molecule has 1 unspecified atom stereocenters. The van der Waals surface area contributed by atoms with Crippen molar-refractivity contribution in [3.8, 4) is 0 Å². The third kappa shape index (κ3) is 2.84. The first-order valence-corrected chi connectivity index (χ1v) is 6.91. The second kappa shape index (κ2) is 5.53. The molecule has 3 rings (SSSR count). The molecule has 4 nitrogen and oxygen atoms in total. The molecule has 1 aliphatic rings. The Kier molecular flexibility index (Phi) is 3.60. The van der Waals surface area contributed by atoms with Crippen LogP contribution in [0.1, 0.15) is 30.1 Å². The fourth-order valence-corrected chi connectivity index (χ4v) is 2.85. The summed E-state index contributed by atoms with van der Waals surface area (Å²) in [6.45, 7) is 3.30. The molecule has 0 spiro atoms. The van der Waals surface area contributed by atoms with E-state index in [1.54, 1.807) is 12.4 Å². The zero-order valence-corrected chi connectivity index (χ0v) is 11.4. The average molecular weight is 256 g/mol. The van der Waals surface area contributed by atoms with E-state index in [0.717, 1.165) is 18.8 Å². The van der Waals surface area contributed by atoms with Crippen molar-refractivity contribution >= 4 is 0 Å². The summed E-state index contributed by atoms with van der Waals surface area (Å²) in [4.78, 5) is 11.2. The number of nitrogens with zero attached hydrogens (tertiary/aromatic N) is 4. The van der Waals surface area contributed by atoms with Crippen molar-refractivity contribution in [2.75, 3.05) is 13.1 Å². The summed E-state index contributed by atoms with van der Waals surface area (Å²) < 4.78 is 2.20. The minimum Gasteiger partial charge on any atom is -0.353 e. The van der Waals surface area contributed by atoms with Gasteiger partial charge in [-0.15, -0.1) is 0 Å². The molecule has 1 aliphatic heterocycles. The summed E-state index contributed by atoms with van der Waals surface area (Å²) in [6, 6.07) is 4.31. The van der Waals surface area contributed by atoms with Gasteiger partial charge in [-0.1, -0.05) is 0 Å². The second-order valence-electron chi connectivity index (χ2n) is 5.31. The number of aromatic nitrogens is 3. The van der Waals surface area contributed by atoms with Gasteiger partial charge >= 0.3 is 0 Å². The van der Waals surface area contributed by atoms with Crippen LogP contribution in [0.15, 0.2) is 36.9 Å². The Morgan fingerprint density at radius 1 is 1.37 bits per heavy atom. The van der Waals surface area contributed by atoms with Gasteiger partial charge in [0.2, 0.25) is 0 Å². The van der Waals surface area contributed by atoms with Crippen LogP contribution in [0.3, 0.4) is 0 Å². The Hall–Kier alpha value is -1.68. The van der Waals surface area contributed by atoms with E-state index < -0.39 is 0 Å². The van der Waals surface area contributed by atoms with Crippen LogP contribution < -0.4 is 0 Å². The van der Waals surface area contributed by atoms with Crippen molar-refractivity contribution in [2.45, 2.75) is 25.3 Å². The fourth-order valence-electron chi connectivity index (χ4n) is 2.85. The Morgan fingerprint density at radius 3 is 3.05 bits per heavy atom. The first-order valence-electron chi connectivity index (χ1n) is 6.91. The van der Waals surface area contributed by atoms with Crippen molar-refractivity contribution in [2.24, 2.45) is 7.05 Å². The van der Waals surface area contributed by atoms with Crippen LogP contribution in [0.25, 0.3) is 0 Å². The maximum atomic E-state index is 4.46. The number of rotatable bonds is 3. The molecule has 0 bridgehead atoms. The van der Waals surface area contributed by atoms with Gasteiger partial charge in [0.15, 0.2) is 0 Å². The van der Waals surface area contributed by atoms with Crippen molar-refractivity contribution in [3.63, 3.8) is 0 Å². The predicted octanol–water partition coefficient (Wildman–Crippen LogP) is 2.19. The summed E-state index contributed by atoms with van der Waals surface area (Å²) >= 11 is 0. The summed E-state index contributed by atoms with van der Waals surface area (Å²) in [5.74, 6) is 0.530. The quantitative estimate of drug-likeness (QED) is 0.844. The number of piperidine rings is 1. The molecule has 1 atom stereocenters. The van der Waals surface area contributed by atoms with Crippen molar-refractivity contribution in [1.29, 1.82) is 0 Å². The van der Waals surface area contributed by atoms with Gasteiger partial charge in [-0.3, -0.25) is 14.9 Å². The lowest BCUT2D eigenvalue weighted by molar-refractivity contribution is 0.194. The molecule has 100 valence electrons. The molecule has 0 amide bonds. The van der Waals surface area contributed by atoms with E-state index in [1.807, 2.05) is 6.20 Å². The molecule has 0 radical (unpaired) electrons. The summed E-state index contributed by atoms with van der Waals surface area (Å²) in [6.07, 6.45) is 10.0.